The van der Waals surface area contributed by atoms with E-state index in [9.17, 15) is 8.42 Å². The third-order valence-electron chi connectivity index (χ3n) is 3.15. The number of nitrogens with one attached hydrogen (secondary N) is 3. The van der Waals surface area contributed by atoms with E-state index in [1.54, 1.807) is 20.0 Å². The Morgan fingerprint density at radius 1 is 1.29 bits per heavy atom. The van der Waals surface area contributed by atoms with Crippen LogP contribution in [0.3, 0.4) is 0 Å². The lowest BCUT2D eigenvalue weighted by molar-refractivity contribution is 0.493. The summed E-state index contributed by atoms with van der Waals surface area (Å²) < 4.78 is 33.1. The van der Waals surface area contributed by atoms with Crippen molar-refractivity contribution in [3.63, 3.8) is 0 Å². The van der Waals surface area contributed by atoms with Gasteiger partial charge in [0.1, 0.15) is 16.4 Å². The zero-order valence-corrected chi connectivity index (χ0v) is 13.2. The molecule has 0 unspecified atom stereocenters. The first kappa shape index (κ1) is 15.7. The normalized spacial score (nSPS) is 12.0. The molecule has 0 aliphatic rings. The molecule has 3 N–H and O–H groups in total. The van der Waals surface area contributed by atoms with Gasteiger partial charge in [-0.3, -0.25) is 0 Å². The van der Waals surface area contributed by atoms with Crippen LogP contribution in [-0.4, -0.2) is 24.9 Å². The van der Waals surface area contributed by atoms with Gasteiger partial charge in [0, 0.05) is 24.0 Å². The molecule has 0 bridgehead atoms. The quantitative estimate of drug-likeness (QED) is 0.713. The Hall–Kier alpha value is -1.64. The maximum absolute atomic E-state index is 12.5. The topological polar surface area (TPSA) is 100 Å². The molecule has 116 valence electrons. The molecule has 0 aliphatic heterocycles. The predicted octanol–water partition coefficient (Wildman–Crippen LogP) is 1.21. The lowest BCUT2D eigenvalue weighted by atomic mass is 10.2. The maximum Gasteiger partial charge on any atom is 0.244 e. The van der Waals surface area contributed by atoms with E-state index in [2.05, 4.69) is 20.0 Å². The average molecular weight is 312 g/mol. The molecule has 21 heavy (non-hydrogen) atoms. The van der Waals surface area contributed by atoms with Crippen LogP contribution in [0, 0.1) is 13.8 Å². The number of aryl methyl sites for hydroxylation is 2. The molecule has 2 aromatic rings. The molecule has 0 aliphatic carbocycles. The summed E-state index contributed by atoms with van der Waals surface area (Å²) in [7, 11) is -3.64. The van der Waals surface area contributed by atoms with E-state index in [1.807, 2.05) is 6.92 Å². The van der Waals surface area contributed by atoms with E-state index in [-0.39, 0.29) is 11.4 Å². The summed E-state index contributed by atoms with van der Waals surface area (Å²) in [5.41, 5.74) is 1.37. The minimum atomic E-state index is -3.64. The number of rotatable bonds is 7. The van der Waals surface area contributed by atoms with Crippen molar-refractivity contribution in [1.82, 2.24) is 20.0 Å². The minimum absolute atomic E-state index is 0.159. The Morgan fingerprint density at radius 2 is 2.05 bits per heavy atom. The van der Waals surface area contributed by atoms with Gasteiger partial charge in [0.05, 0.1) is 12.9 Å². The molecule has 2 heterocycles. The maximum atomic E-state index is 12.5. The highest BCUT2D eigenvalue weighted by Gasteiger charge is 2.26. The van der Waals surface area contributed by atoms with Crippen molar-refractivity contribution in [3.05, 3.63) is 35.3 Å². The fourth-order valence-electron chi connectivity index (χ4n) is 2.14. The lowest BCUT2D eigenvalue weighted by Crippen LogP contribution is -2.25. The molecule has 0 saturated heterocycles. The molecular weight excluding hydrogens is 292 g/mol. The van der Waals surface area contributed by atoms with Gasteiger partial charge in [-0.15, -0.1) is 0 Å². The number of hydrogen-bond acceptors (Lipinski definition) is 5. The van der Waals surface area contributed by atoms with E-state index in [1.165, 1.54) is 6.33 Å². The van der Waals surface area contributed by atoms with Crippen LogP contribution in [-0.2, 0) is 23.1 Å². The van der Waals surface area contributed by atoms with Gasteiger partial charge in [-0.2, -0.15) is 0 Å². The van der Waals surface area contributed by atoms with E-state index in [0.29, 0.717) is 29.3 Å². The lowest BCUT2D eigenvalue weighted by Gasteiger charge is -2.08. The SMILES string of the molecule is CCNCc1c(C)oc(C)c1S(=O)(=O)NCc1cnc[nH]1. The van der Waals surface area contributed by atoms with Gasteiger partial charge < -0.3 is 14.7 Å². The first-order valence-electron chi connectivity index (χ1n) is 6.72. The molecule has 0 spiro atoms. The van der Waals surface area contributed by atoms with Crippen molar-refractivity contribution in [2.75, 3.05) is 6.54 Å². The molecule has 7 nitrogen and oxygen atoms in total. The number of imidazole rings is 1. The van der Waals surface area contributed by atoms with Crippen LogP contribution < -0.4 is 10.0 Å². The molecule has 0 amide bonds. The van der Waals surface area contributed by atoms with E-state index >= 15 is 0 Å². The number of aromatic amines is 1. The minimum Gasteiger partial charge on any atom is -0.465 e. The zero-order valence-electron chi connectivity index (χ0n) is 12.4. The van der Waals surface area contributed by atoms with Crippen LogP contribution in [0.15, 0.2) is 21.8 Å². The highest BCUT2D eigenvalue weighted by atomic mass is 32.2. The summed E-state index contributed by atoms with van der Waals surface area (Å²) in [5, 5.41) is 3.13. The van der Waals surface area contributed by atoms with Crippen molar-refractivity contribution < 1.29 is 12.8 Å². The van der Waals surface area contributed by atoms with Crippen molar-refractivity contribution >= 4 is 10.0 Å². The van der Waals surface area contributed by atoms with E-state index < -0.39 is 10.0 Å². The molecule has 0 aromatic carbocycles. The summed E-state index contributed by atoms with van der Waals surface area (Å²) in [4.78, 5) is 6.94. The smallest absolute Gasteiger partial charge is 0.244 e. The van der Waals surface area contributed by atoms with Gasteiger partial charge in [-0.25, -0.2) is 18.1 Å². The van der Waals surface area contributed by atoms with Gasteiger partial charge in [-0.1, -0.05) is 6.92 Å². The van der Waals surface area contributed by atoms with Gasteiger partial charge in [0.15, 0.2) is 0 Å². The van der Waals surface area contributed by atoms with E-state index in [0.717, 1.165) is 6.54 Å². The van der Waals surface area contributed by atoms with Crippen LogP contribution in [0.1, 0.15) is 29.7 Å². The van der Waals surface area contributed by atoms with Gasteiger partial charge in [0.2, 0.25) is 10.0 Å². The van der Waals surface area contributed by atoms with Gasteiger partial charge in [0.25, 0.3) is 0 Å². The van der Waals surface area contributed by atoms with Crippen LogP contribution in [0.2, 0.25) is 0 Å². The number of nitrogens with zero attached hydrogens (tertiary/aromatic N) is 1. The van der Waals surface area contributed by atoms with Crippen LogP contribution in [0.5, 0.6) is 0 Å². The first-order valence-corrected chi connectivity index (χ1v) is 8.20. The zero-order chi connectivity index (χ0) is 15.5. The third-order valence-corrected chi connectivity index (χ3v) is 4.75. The Bertz CT molecular complexity index is 689. The van der Waals surface area contributed by atoms with Crippen LogP contribution in [0.4, 0.5) is 0 Å². The molecular formula is C13H20N4O3S. The highest BCUT2D eigenvalue weighted by Crippen LogP contribution is 2.26. The number of H-pyrrole nitrogens is 1. The molecule has 0 fully saturated rings. The number of aromatic nitrogens is 2. The molecule has 0 saturated carbocycles. The molecule has 0 atom stereocenters. The second-order valence-corrected chi connectivity index (χ2v) is 6.41. The number of furan rings is 1. The summed E-state index contributed by atoms with van der Waals surface area (Å²) in [6.07, 6.45) is 3.09. The van der Waals surface area contributed by atoms with Crippen molar-refractivity contribution in [2.24, 2.45) is 0 Å². The Balaban J connectivity index is 2.26. The molecule has 0 radical (unpaired) electrons. The Kier molecular flexibility index (Phi) is 4.81. The Labute approximate surface area is 124 Å². The van der Waals surface area contributed by atoms with Crippen molar-refractivity contribution in [1.29, 1.82) is 0 Å². The van der Waals surface area contributed by atoms with Crippen molar-refractivity contribution in [2.45, 2.75) is 38.8 Å². The second kappa shape index (κ2) is 6.42. The van der Waals surface area contributed by atoms with E-state index in [4.69, 9.17) is 4.42 Å². The number of sulfonamides is 1. The predicted molar refractivity (Wildman–Crippen MR) is 78.2 cm³/mol. The second-order valence-electron chi connectivity index (χ2n) is 4.70. The standard InChI is InChI=1S/C13H20N4O3S/c1-4-14-7-12-9(2)20-10(3)13(12)21(18,19)17-6-11-5-15-8-16-11/h5,8,14,17H,4,6-7H2,1-3H3,(H,15,16). The highest BCUT2D eigenvalue weighted by molar-refractivity contribution is 7.89. The van der Waals surface area contributed by atoms with Crippen LogP contribution in [0.25, 0.3) is 0 Å². The summed E-state index contributed by atoms with van der Waals surface area (Å²) in [6.45, 7) is 6.77. The Morgan fingerprint density at radius 3 is 2.67 bits per heavy atom. The van der Waals surface area contributed by atoms with Gasteiger partial charge in [-0.05, 0) is 20.4 Å². The molecule has 8 heteroatoms. The molecule has 2 aromatic heterocycles. The monoisotopic (exact) mass is 312 g/mol. The summed E-state index contributed by atoms with van der Waals surface area (Å²) in [5.74, 6) is 1.02. The summed E-state index contributed by atoms with van der Waals surface area (Å²) >= 11 is 0. The van der Waals surface area contributed by atoms with Crippen LogP contribution >= 0.6 is 0 Å². The third kappa shape index (κ3) is 3.52. The average Bonchev–Trinajstić information content (AvgIpc) is 3.02. The molecule has 2 rings (SSSR count). The van der Waals surface area contributed by atoms with Gasteiger partial charge >= 0.3 is 0 Å². The first-order chi connectivity index (χ1) is 9.95. The fourth-order valence-corrected chi connectivity index (χ4v) is 3.59. The fraction of sp³-hybridized carbons (Fsp3) is 0.462. The summed E-state index contributed by atoms with van der Waals surface area (Å²) in [6, 6.07) is 0. The number of hydrogen-bond donors (Lipinski definition) is 3. The largest absolute Gasteiger partial charge is 0.465 e. The van der Waals surface area contributed by atoms with Crippen molar-refractivity contribution in [3.8, 4) is 0 Å².